The van der Waals surface area contributed by atoms with E-state index in [-0.39, 0.29) is 33.7 Å². The quantitative estimate of drug-likeness (QED) is 0.466. The number of aromatic nitrogens is 4. The molecule has 3 heterocycles. The van der Waals surface area contributed by atoms with Crippen LogP contribution in [-0.2, 0) is 10.0 Å². The van der Waals surface area contributed by atoms with Crippen molar-refractivity contribution in [2.24, 2.45) is 0 Å². The second kappa shape index (κ2) is 9.08. The van der Waals surface area contributed by atoms with Crippen LogP contribution in [-0.4, -0.2) is 66.4 Å². The Kier molecular flexibility index (Phi) is 6.34. The van der Waals surface area contributed by atoms with E-state index < -0.39 is 27.0 Å². The van der Waals surface area contributed by atoms with Gasteiger partial charge in [-0.3, -0.25) is 0 Å². The van der Waals surface area contributed by atoms with Crippen LogP contribution in [0.4, 0.5) is 14.5 Å². The first-order valence-corrected chi connectivity index (χ1v) is 13.8. The molecule has 0 amide bonds. The topological polar surface area (TPSA) is 122 Å². The minimum Gasteiger partial charge on any atom is -0.467 e. The van der Waals surface area contributed by atoms with Gasteiger partial charge in [-0.15, -0.1) is 10.2 Å². The summed E-state index contributed by atoms with van der Waals surface area (Å²) in [4.78, 5) is 11.1. The summed E-state index contributed by atoms with van der Waals surface area (Å²) < 4.78 is 61.5. The molecule has 2 aromatic heterocycles. The number of rotatable bonds is 7. The zero-order valence-corrected chi connectivity index (χ0v) is 21.9. The van der Waals surface area contributed by atoms with Gasteiger partial charge >= 0.3 is 6.01 Å². The smallest absolute Gasteiger partial charge is 0.317 e. The van der Waals surface area contributed by atoms with Crippen LogP contribution in [0.15, 0.2) is 17.0 Å². The Hall–Kier alpha value is -2.55. The van der Waals surface area contributed by atoms with Crippen molar-refractivity contribution in [1.82, 2.24) is 30.2 Å². The van der Waals surface area contributed by atoms with Gasteiger partial charge in [-0.1, -0.05) is 11.3 Å². The largest absolute Gasteiger partial charge is 0.467 e. The summed E-state index contributed by atoms with van der Waals surface area (Å²) in [6.45, 7) is 7.19. The van der Waals surface area contributed by atoms with Gasteiger partial charge in [0.2, 0.25) is 10.0 Å². The SMILES string of the molecule is COc1nc(-c2nnc(C(F)F)s2)c2cc(S(=O)(=O)NC3(C)CC3)cc(N3CC(C)NC(C)C3)c2n1. The lowest BCUT2D eigenvalue weighted by Crippen LogP contribution is -2.54. The van der Waals surface area contributed by atoms with E-state index >= 15 is 0 Å². The molecule has 1 aromatic carbocycles. The van der Waals surface area contributed by atoms with Crippen molar-refractivity contribution in [3.63, 3.8) is 0 Å². The number of ether oxygens (including phenoxy) is 1. The Balaban J connectivity index is 1.76. The first kappa shape index (κ1) is 25.1. The number of sulfonamides is 1. The summed E-state index contributed by atoms with van der Waals surface area (Å²) in [5, 5.41) is 11.0. The van der Waals surface area contributed by atoms with Crippen molar-refractivity contribution >= 4 is 38.0 Å². The van der Waals surface area contributed by atoms with Crippen molar-refractivity contribution in [3.05, 3.63) is 17.1 Å². The fourth-order valence-corrected chi connectivity index (χ4v) is 6.65. The zero-order chi connectivity index (χ0) is 25.8. The van der Waals surface area contributed by atoms with Gasteiger partial charge in [0.05, 0.1) is 17.7 Å². The molecule has 10 nitrogen and oxygen atoms in total. The third-order valence-electron chi connectivity index (χ3n) is 6.34. The summed E-state index contributed by atoms with van der Waals surface area (Å²) in [6, 6.07) is 3.39. The summed E-state index contributed by atoms with van der Waals surface area (Å²) in [5.74, 6) is 0. The maximum Gasteiger partial charge on any atom is 0.317 e. The molecule has 2 unspecified atom stereocenters. The number of hydrogen-bond donors (Lipinski definition) is 2. The number of nitrogens with zero attached hydrogens (tertiary/aromatic N) is 5. The van der Waals surface area contributed by atoms with Crippen LogP contribution in [0, 0.1) is 0 Å². The lowest BCUT2D eigenvalue weighted by Gasteiger charge is -2.38. The Morgan fingerprint density at radius 2 is 1.89 bits per heavy atom. The van der Waals surface area contributed by atoms with Crippen molar-refractivity contribution in [2.75, 3.05) is 25.1 Å². The van der Waals surface area contributed by atoms with Gasteiger partial charge in [0, 0.05) is 36.1 Å². The number of hydrogen-bond acceptors (Lipinski definition) is 10. The van der Waals surface area contributed by atoms with Crippen LogP contribution in [0.25, 0.3) is 21.6 Å². The predicted molar refractivity (Wildman–Crippen MR) is 132 cm³/mol. The minimum atomic E-state index is -3.89. The molecule has 0 radical (unpaired) electrons. The molecule has 3 aromatic rings. The lowest BCUT2D eigenvalue weighted by molar-refractivity contribution is 0.150. The third kappa shape index (κ3) is 4.86. The molecule has 2 atom stereocenters. The molecule has 2 aliphatic rings. The van der Waals surface area contributed by atoms with Crippen LogP contribution in [0.1, 0.15) is 45.0 Å². The minimum absolute atomic E-state index is 0.0167. The molecule has 14 heteroatoms. The van der Waals surface area contributed by atoms with Gasteiger partial charge in [0.1, 0.15) is 11.2 Å². The van der Waals surface area contributed by atoms with E-state index in [0.717, 1.165) is 12.8 Å². The van der Waals surface area contributed by atoms with Gasteiger partial charge in [-0.05, 0) is 45.7 Å². The molecule has 2 N–H and O–H groups in total. The molecule has 0 spiro atoms. The number of nitrogens with one attached hydrogen (secondary N) is 2. The van der Waals surface area contributed by atoms with Crippen LogP contribution >= 0.6 is 11.3 Å². The summed E-state index contributed by atoms with van der Waals surface area (Å²) in [7, 11) is -2.48. The van der Waals surface area contributed by atoms with E-state index in [2.05, 4.69) is 49.0 Å². The first-order valence-electron chi connectivity index (χ1n) is 11.5. The number of anilines is 1. The molecule has 1 aliphatic heterocycles. The number of fused-ring (bicyclic) bond motifs is 1. The molecule has 2 fully saturated rings. The summed E-state index contributed by atoms with van der Waals surface area (Å²) in [6.07, 6.45) is -1.27. The Bertz CT molecular complexity index is 1400. The van der Waals surface area contributed by atoms with E-state index in [1.165, 1.54) is 13.2 Å². The van der Waals surface area contributed by atoms with Crippen molar-refractivity contribution in [2.45, 2.75) is 62.6 Å². The van der Waals surface area contributed by atoms with Gasteiger partial charge < -0.3 is 15.0 Å². The fourth-order valence-electron chi connectivity index (χ4n) is 4.43. The number of benzene rings is 1. The number of alkyl halides is 2. The standard InChI is InChI=1S/C22H27F2N7O3S2/c1-11-9-31(10-12(2)25-11)15-8-13(36(32,33)30-22(3)5-6-22)7-14-16(15)26-21(34-4)27-17(14)19-28-29-20(35-19)18(23)24/h7-8,11-12,18,25,30H,5-6,9-10H2,1-4H3. The molecule has 0 bridgehead atoms. The lowest BCUT2D eigenvalue weighted by atomic mass is 10.1. The normalized spacial score (nSPS) is 21.8. The molecule has 1 saturated carbocycles. The average molecular weight is 540 g/mol. The fraction of sp³-hybridized carbons (Fsp3) is 0.545. The third-order valence-corrected chi connectivity index (χ3v) is 8.89. The maximum atomic E-state index is 13.4. The van der Waals surface area contributed by atoms with E-state index in [9.17, 15) is 17.2 Å². The molecule has 1 saturated heterocycles. The van der Waals surface area contributed by atoms with E-state index in [1.807, 2.05) is 6.92 Å². The second-order valence-electron chi connectivity index (χ2n) is 9.68. The van der Waals surface area contributed by atoms with Gasteiger partial charge in [0.25, 0.3) is 6.43 Å². The van der Waals surface area contributed by atoms with Crippen LogP contribution < -0.4 is 19.7 Å². The first-order chi connectivity index (χ1) is 17.0. The van der Waals surface area contributed by atoms with Gasteiger partial charge in [-0.2, -0.15) is 9.97 Å². The highest BCUT2D eigenvalue weighted by molar-refractivity contribution is 7.89. The number of halogens is 2. The number of piperazine rings is 1. The molecular formula is C22H27F2N7O3S2. The van der Waals surface area contributed by atoms with Crippen molar-refractivity contribution < 1.29 is 21.9 Å². The van der Waals surface area contributed by atoms with Gasteiger partial charge in [-0.25, -0.2) is 21.9 Å². The Morgan fingerprint density at radius 1 is 1.19 bits per heavy atom. The Labute approximate surface area is 211 Å². The number of methoxy groups -OCH3 is 1. The van der Waals surface area contributed by atoms with E-state index in [1.54, 1.807) is 6.07 Å². The highest BCUT2D eigenvalue weighted by atomic mass is 32.2. The summed E-state index contributed by atoms with van der Waals surface area (Å²) in [5.41, 5.74) is 0.753. The van der Waals surface area contributed by atoms with E-state index in [0.29, 0.717) is 41.0 Å². The monoisotopic (exact) mass is 539 g/mol. The van der Waals surface area contributed by atoms with Crippen LogP contribution in [0.5, 0.6) is 6.01 Å². The predicted octanol–water partition coefficient (Wildman–Crippen LogP) is 3.11. The molecule has 36 heavy (non-hydrogen) atoms. The van der Waals surface area contributed by atoms with Crippen molar-refractivity contribution in [3.8, 4) is 16.7 Å². The highest BCUT2D eigenvalue weighted by Gasteiger charge is 2.41. The second-order valence-corrected chi connectivity index (χ2v) is 12.4. The zero-order valence-electron chi connectivity index (χ0n) is 20.2. The van der Waals surface area contributed by atoms with E-state index in [4.69, 9.17) is 4.74 Å². The molecule has 194 valence electrons. The van der Waals surface area contributed by atoms with Crippen LogP contribution in [0.2, 0.25) is 0 Å². The Morgan fingerprint density at radius 3 is 2.47 bits per heavy atom. The molecule has 1 aliphatic carbocycles. The maximum absolute atomic E-state index is 13.4. The van der Waals surface area contributed by atoms with Gasteiger partial charge in [0.15, 0.2) is 10.0 Å². The van der Waals surface area contributed by atoms with Crippen molar-refractivity contribution in [1.29, 1.82) is 0 Å². The average Bonchev–Trinajstić information content (AvgIpc) is 3.31. The summed E-state index contributed by atoms with van der Waals surface area (Å²) >= 11 is 0.697. The molecule has 5 rings (SSSR count). The molecular weight excluding hydrogens is 512 g/mol. The van der Waals surface area contributed by atoms with Crippen LogP contribution in [0.3, 0.4) is 0 Å². The highest BCUT2D eigenvalue weighted by Crippen LogP contribution is 2.40.